The van der Waals surface area contributed by atoms with Crippen molar-refractivity contribution in [3.8, 4) is 0 Å². The van der Waals surface area contributed by atoms with E-state index in [9.17, 15) is 32.9 Å². The summed E-state index contributed by atoms with van der Waals surface area (Å²) in [5, 5.41) is 13.0. The van der Waals surface area contributed by atoms with Crippen LogP contribution in [-0.4, -0.2) is 23.4 Å². The van der Waals surface area contributed by atoms with Crippen LogP contribution in [0.5, 0.6) is 0 Å². The van der Waals surface area contributed by atoms with Crippen LogP contribution in [0.25, 0.3) is 0 Å². The predicted octanol–water partition coefficient (Wildman–Crippen LogP) is 4.37. The van der Waals surface area contributed by atoms with Gasteiger partial charge < -0.3 is 10.1 Å². The number of benzene rings is 2. The van der Waals surface area contributed by atoms with E-state index in [1.807, 2.05) is 0 Å². The Balaban J connectivity index is 2.09. The van der Waals surface area contributed by atoms with E-state index in [1.54, 1.807) is 0 Å². The van der Waals surface area contributed by atoms with Crippen LogP contribution in [0.1, 0.15) is 21.5 Å². The lowest BCUT2D eigenvalue weighted by molar-refractivity contribution is -0.385. The summed E-state index contributed by atoms with van der Waals surface area (Å²) in [5.41, 5.74) is -1.94. The van der Waals surface area contributed by atoms with Crippen LogP contribution in [-0.2, 0) is 15.7 Å². The first-order valence-corrected chi connectivity index (χ1v) is 7.96. The van der Waals surface area contributed by atoms with E-state index in [2.05, 4.69) is 5.32 Å². The molecule has 0 spiro atoms. The molecule has 0 aliphatic carbocycles. The number of anilines is 1. The Hall–Kier alpha value is -3.14. The van der Waals surface area contributed by atoms with Gasteiger partial charge in [-0.2, -0.15) is 13.2 Å². The summed E-state index contributed by atoms with van der Waals surface area (Å²) in [5.74, 6) is -2.09. The number of nitro groups is 1. The molecule has 28 heavy (non-hydrogen) atoms. The highest BCUT2D eigenvalue weighted by atomic mass is 35.5. The molecular weight excluding hydrogens is 405 g/mol. The molecule has 0 saturated carbocycles. The molecule has 2 rings (SSSR count). The molecule has 148 valence electrons. The number of para-hydroxylation sites is 1. The molecule has 0 aliphatic rings. The van der Waals surface area contributed by atoms with Gasteiger partial charge in [-0.1, -0.05) is 23.7 Å². The molecule has 0 atom stereocenters. The molecule has 0 aromatic heterocycles. The minimum atomic E-state index is -4.64. The molecular formula is C17H12ClF3N2O5. The summed E-state index contributed by atoms with van der Waals surface area (Å²) in [4.78, 5) is 34.3. The summed E-state index contributed by atoms with van der Waals surface area (Å²) < 4.78 is 42.9. The Morgan fingerprint density at radius 1 is 1.25 bits per heavy atom. The Bertz CT molecular complexity index is 947. The van der Waals surface area contributed by atoms with Crippen LogP contribution in [0, 0.1) is 17.0 Å². The van der Waals surface area contributed by atoms with Gasteiger partial charge in [0.25, 0.3) is 11.6 Å². The lowest BCUT2D eigenvalue weighted by Crippen LogP contribution is -2.22. The number of rotatable bonds is 5. The van der Waals surface area contributed by atoms with Crippen LogP contribution < -0.4 is 5.32 Å². The van der Waals surface area contributed by atoms with E-state index in [1.165, 1.54) is 19.1 Å². The van der Waals surface area contributed by atoms with Gasteiger partial charge in [0, 0.05) is 5.56 Å². The highest BCUT2D eigenvalue weighted by Crippen LogP contribution is 2.33. The number of carbonyl (C=O) groups excluding carboxylic acids is 2. The zero-order chi connectivity index (χ0) is 21.1. The molecule has 2 aromatic rings. The number of alkyl halides is 3. The summed E-state index contributed by atoms with van der Waals surface area (Å²) in [6, 6.07) is 6.33. The zero-order valence-electron chi connectivity index (χ0n) is 14.2. The van der Waals surface area contributed by atoms with E-state index >= 15 is 0 Å². The molecule has 0 saturated heterocycles. The summed E-state index contributed by atoms with van der Waals surface area (Å²) in [6.45, 7) is 0.549. The second-order valence-electron chi connectivity index (χ2n) is 5.54. The number of nitrogens with one attached hydrogen (secondary N) is 1. The quantitative estimate of drug-likeness (QED) is 0.443. The third-order valence-electron chi connectivity index (χ3n) is 3.54. The van der Waals surface area contributed by atoms with E-state index in [4.69, 9.17) is 16.3 Å². The maximum Gasteiger partial charge on any atom is 0.416 e. The minimum absolute atomic E-state index is 0.151. The number of carbonyl (C=O) groups is 2. The predicted molar refractivity (Wildman–Crippen MR) is 93.2 cm³/mol. The van der Waals surface area contributed by atoms with Crippen LogP contribution in [0.3, 0.4) is 0 Å². The van der Waals surface area contributed by atoms with Crippen molar-refractivity contribution in [2.45, 2.75) is 13.1 Å². The maximum atomic E-state index is 12.7. The Morgan fingerprint density at radius 2 is 1.93 bits per heavy atom. The Labute approximate surface area is 161 Å². The summed E-state index contributed by atoms with van der Waals surface area (Å²) >= 11 is 5.76. The fourth-order valence-corrected chi connectivity index (χ4v) is 2.42. The van der Waals surface area contributed by atoms with Crippen molar-refractivity contribution in [2.24, 2.45) is 0 Å². The summed E-state index contributed by atoms with van der Waals surface area (Å²) in [6.07, 6.45) is -4.64. The van der Waals surface area contributed by atoms with E-state index in [-0.39, 0.29) is 21.8 Å². The topological polar surface area (TPSA) is 98.5 Å². The van der Waals surface area contributed by atoms with Gasteiger partial charge in [-0.05, 0) is 31.2 Å². The molecule has 11 heteroatoms. The normalized spacial score (nSPS) is 11.0. The average Bonchev–Trinajstić information content (AvgIpc) is 2.60. The maximum absolute atomic E-state index is 12.7. The number of nitrogens with zero attached hydrogens (tertiary/aromatic N) is 1. The van der Waals surface area contributed by atoms with Crippen molar-refractivity contribution in [1.29, 1.82) is 0 Å². The van der Waals surface area contributed by atoms with Crippen LogP contribution in [0.2, 0.25) is 5.02 Å². The molecule has 2 aromatic carbocycles. The van der Waals surface area contributed by atoms with Crippen LogP contribution in [0.15, 0.2) is 36.4 Å². The zero-order valence-corrected chi connectivity index (χ0v) is 14.9. The number of amides is 1. The number of nitro benzene ring substituents is 1. The van der Waals surface area contributed by atoms with Gasteiger partial charge in [-0.15, -0.1) is 0 Å². The summed E-state index contributed by atoms with van der Waals surface area (Å²) in [7, 11) is 0. The molecule has 0 radical (unpaired) electrons. The lowest BCUT2D eigenvalue weighted by Gasteiger charge is -2.12. The molecule has 1 amide bonds. The SMILES string of the molecule is Cc1cccc(C(=O)OCC(=O)Nc2cc(C(F)(F)F)ccc2Cl)c1[N+](=O)[O-]. The van der Waals surface area contributed by atoms with E-state index in [0.717, 1.165) is 18.2 Å². The van der Waals surface area contributed by atoms with Crippen molar-refractivity contribution in [2.75, 3.05) is 11.9 Å². The van der Waals surface area contributed by atoms with Gasteiger partial charge in [-0.25, -0.2) is 4.79 Å². The number of hydrogen-bond donors (Lipinski definition) is 1. The van der Waals surface area contributed by atoms with Gasteiger partial charge in [-0.3, -0.25) is 14.9 Å². The van der Waals surface area contributed by atoms with Gasteiger partial charge in [0.15, 0.2) is 6.61 Å². The highest BCUT2D eigenvalue weighted by molar-refractivity contribution is 6.33. The van der Waals surface area contributed by atoms with Gasteiger partial charge in [0.1, 0.15) is 5.56 Å². The molecule has 0 fully saturated rings. The third kappa shape index (κ3) is 4.97. The van der Waals surface area contributed by atoms with Gasteiger partial charge in [0.2, 0.25) is 0 Å². The van der Waals surface area contributed by atoms with E-state index in [0.29, 0.717) is 6.07 Å². The van der Waals surface area contributed by atoms with Crippen molar-refractivity contribution in [3.63, 3.8) is 0 Å². The Kier molecular flexibility index (Phi) is 6.24. The average molecular weight is 417 g/mol. The molecule has 0 bridgehead atoms. The standard InChI is InChI=1S/C17H12ClF3N2O5/c1-9-3-2-4-11(15(9)23(26)27)16(25)28-8-14(24)22-13-7-10(17(19,20)21)5-6-12(13)18/h2-7H,8H2,1H3,(H,22,24). The monoisotopic (exact) mass is 416 g/mol. The second kappa shape index (κ2) is 8.26. The van der Waals surface area contributed by atoms with Crippen LogP contribution >= 0.6 is 11.6 Å². The van der Waals surface area contributed by atoms with Crippen molar-refractivity contribution in [3.05, 3.63) is 68.2 Å². The van der Waals surface area contributed by atoms with Crippen molar-refractivity contribution < 1.29 is 32.4 Å². The fraction of sp³-hybridized carbons (Fsp3) is 0.176. The van der Waals surface area contributed by atoms with Gasteiger partial charge >= 0.3 is 12.1 Å². The third-order valence-corrected chi connectivity index (χ3v) is 3.87. The number of hydrogen-bond acceptors (Lipinski definition) is 5. The van der Waals surface area contributed by atoms with Gasteiger partial charge in [0.05, 0.1) is 21.2 Å². The molecule has 7 nitrogen and oxygen atoms in total. The van der Waals surface area contributed by atoms with E-state index < -0.39 is 40.8 Å². The smallest absolute Gasteiger partial charge is 0.416 e. The minimum Gasteiger partial charge on any atom is -0.452 e. The first-order valence-electron chi connectivity index (χ1n) is 7.58. The molecule has 0 unspecified atom stereocenters. The number of ether oxygens (including phenoxy) is 1. The first kappa shape index (κ1) is 21.2. The number of aryl methyl sites for hydroxylation is 1. The number of halogens is 4. The highest BCUT2D eigenvalue weighted by Gasteiger charge is 2.31. The first-order chi connectivity index (χ1) is 13.0. The number of esters is 1. The molecule has 0 aliphatic heterocycles. The Morgan fingerprint density at radius 3 is 2.54 bits per heavy atom. The lowest BCUT2D eigenvalue weighted by atomic mass is 10.1. The second-order valence-corrected chi connectivity index (χ2v) is 5.95. The molecule has 1 N–H and O–H groups in total. The fourth-order valence-electron chi connectivity index (χ4n) is 2.26. The largest absolute Gasteiger partial charge is 0.452 e. The van der Waals surface area contributed by atoms with Crippen molar-refractivity contribution in [1.82, 2.24) is 0 Å². The molecule has 0 heterocycles. The van der Waals surface area contributed by atoms with Crippen molar-refractivity contribution >= 4 is 34.9 Å². The van der Waals surface area contributed by atoms with Crippen LogP contribution in [0.4, 0.5) is 24.5 Å².